The predicted molar refractivity (Wildman–Crippen MR) is 66.8 cm³/mol. The Bertz CT molecular complexity index is 337. The van der Waals surface area contributed by atoms with Crippen LogP contribution >= 0.6 is 0 Å². The number of ether oxygens (including phenoxy) is 1. The van der Waals surface area contributed by atoms with Crippen molar-refractivity contribution in [3.05, 3.63) is 30.1 Å². The molecule has 1 N–H and O–H groups in total. The van der Waals surface area contributed by atoms with Crippen LogP contribution in [0.3, 0.4) is 0 Å². The molecule has 17 heavy (non-hydrogen) atoms. The Labute approximate surface area is 102 Å². The minimum Gasteiger partial charge on any atom is -0.490 e. The number of hydrogen-bond acceptors (Lipinski definition) is 2. The van der Waals surface area contributed by atoms with Gasteiger partial charge in [-0.05, 0) is 37.9 Å². The quantitative estimate of drug-likeness (QED) is 0.767. The Morgan fingerprint density at radius 2 is 2.00 bits per heavy atom. The molecule has 0 radical (unpaired) electrons. The van der Waals surface area contributed by atoms with Gasteiger partial charge in [-0.1, -0.05) is 25.0 Å². The number of benzene rings is 1. The zero-order valence-corrected chi connectivity index (χ0v) is 10.1. The topological polar surface area (TPSA) is 21.3 Å². The molecule has 1 aliphatic rings. The fourth-order valence-electron chi connectivity index (χ4n) is 2.25. The van der Waals surface area contributed by atoms with Crippen molar-refractivity contribution in [3.8, 4) is 5.75 Å². The lowest BCUT2D eigenvalue weighted by molar-refractivity contribution is 0.290. The molecule has 1 aliphatic carbocycles. The Kier molecular flexibility index (Phi) is 4.80. The van der Waals surface area contributed by atoms with Crippen molar-refractivity contribution in [2.45, 2.75) is 38.1 Å². The standard InChI is InChI=1S/C14H20FNO/c15-13-8-3-4-9-14(13)17-11-5-10-16-12-6-1-2-7-12/h3-4,8-9,12,16H,1-2,5-7,10-11H2. The first-order valence-electron chi connectivity index (χ1n) is 6.47. The van der Waals surface area contributed by atoms with Crippen LogP contribution in [0, 0.1) is 5.82 Å². The Balaban J connectivity index is 1.58. The number of nitrogens with one attached hydrogen (secondary N) is 1. The summed E-state index contributed by atoms with van der Waals surface area (Å²) < 4.78 is 18.6. The van der Waals surface area contributed by atoms with Crippen LogP contribution in [0.1, 0.15) is 32.1 Å². The molecule has 1 aromatic carbocycles. The third-order valence-electron chi connectivity index (χ3n) is 3.20. The van der Waals surface area contributed by atoms with E-state index in [0.29, 0.717) is 18.4 Å². The highest BCUT2D eigenvalue weighted by Gasteiger charge is 2.13. The molecule has 3 heteroatoms. The van der Waals surface area contributed by atoms with E-state index in [4.69, 9.17) is 4.74 Å². The molecule has 0 saturated heterocycles. The van der Waals surface area contributed by atoms with Gasteiger partial charge >= 0.3 is 0 Å². The van der Waals surface area contributed by atoms with Gasteiger partial charge in [0, 0.05) is 6.04 Å². The third kappa shape index (κ3) is 4.00. The van der Waals surface area contributed by atoms with Gasteiger partial charge in [0.25, 0.3) is 0 Å². The summed E-state index contributed by atoms with van der Waals surface area (Å²) in [4.78, 5) is 0. The summed E-state index contributed by atoms with van der Waals surface area (Å²) in [6, 6.07) is 7.24. The summed E-state index contributed by atoms with van der Waals surface area (Å²) in [6.45, 7) is 1.53. The minimum absolute atomic E-state index is 0.281. The largest absolute Gasteiger partial charge is 0.490 e. The van der Waals surface area contributed by atoms with Crippen LogP contribution < -0.4 is 10.1 Å². The van der Waals surface area contributed by atoms with Crippen molar-refractivity contribution in [1.29, 1.82) is 0 Å². The molecular formula is C14H20FNO. The van der Waals surface area contributed by atoms with E-state index in [0.717, 1.165) is 13.0 Å². The van der Waals surface area contributed by atoms with Crippen LogP contribution in [0.25, 0.3) is 0 Å². The molecule has 0 atom stereocenters. The van der Waals surface area contributed by atoms with Crippen molar-refractivity contribution < 1.29 is 9.13 Å². The highest BCUT2D eigenvalue weighted by molar-refractivity contribution is 5.23. The van der Waals surface area contributed by atoms with Gasteiger partial charge in [0.2, 0.25) is 0 Å². The van der Waals surface area contributed by atoms with Crippen molar-refractivity contribution in [2.24, 2.45) is 0 Å². The highest BCUT2D eigenvalue weighted by atomic mass is 19.1. The molecule has 0 aliphatic heterocycles. The average Bonchev–Trinajstić information content (AvgIpc) is 2.84. The summed E-state index contributed by atoms with van der Waals surface area (Å²) in [5.41, 5.74) is 0. The number of rotatable bonds is 6. The van der Waals surface area contributed by atoms with Crippen LogP contribution in [0.15, 0.2) is 24.3 Å². The smallest absolute Gasteiger partial charge is 0.165 e. The Morgan fingerprint density at radius 1 is 1.24 bits per heavy atom. The zero-order valence-electron chi connectivity index (χ0n) is 10.1. The van der Waals surface area contributed by atoms with E-state index < -0.39 is 0 Å². The molecule has 0 amide bonds. The van der Waals surface area contributed by atoms with Gasteiger partial charge in [0.1, 0.15) is 0 Å². The van der Waals surface area contributed by atoms with E-state index in [2.05, 4.69) is 5.32 Å². The molecule has 1 aromatic rings. The van der Waals surface area contributed by atoms with Crippen molar-refractivity contribution in [1.82, 2.24) is 5.32 Å². The maximum atomic E-state index is 13.2. The summed E-state index contributed by atoms with van der Waals surface area (Å²) in [5, 5.41) is 3.51. The second-order valence-electron chi connectivity index (χ2n) is 4.57. The van der Waals surface area contributed by atoms with E-state index in [1.165, 1.54) is 31.7 Å². The van der Waals surface area contributed by atoms with E-state index in [1.54, 1.807) is 18.2 Å². The van der Waals surface area contributed by atoms with Gasteiger partial charge in [-0.2, -0.15) is 0 Å². The fraction of sp³-hybridized carbons (Fsp3) is 0.571. The van der Waals surface area contributed by atoms with Gasteiger partial charge in [0.05, 0.1) is 6.61 Å². The Morgan fingerprint density at radius 3 is 2.76 bits per heavy atom. The van der Waals surface area contributed by atoms with Crippen molar-refractivity contribution in [3.63, 3.8) is 0 Å². The predicted octanol–water partition coefficient (Wildman–Crippen LogP) is 3.13. The average molecular weight is 237 g/mol. The number of halogens is 1. The molecule has 2 rings (SSSR count). The fourth-order valence-corrected chi connectivity index (χ4v) is 2.25. The number of para-hydroxylation sites is 1. The van der Waals surface area contributed by atoms with E-state index in [1.807, 2.05) is 0 Å². The van der Waals surface area contributed by atoms with Gasteiger partial charge < -0.3 is 10.1 Å². The van der Waals surface area contributed by atoms with Crippen molar-refractivity contribution in [2.75, 3.05) is 13.2 Å². The summed E-state index contributed by atoms with van der Waals surface area (Å²) in [7, 11) is 0. The Hall–Kier alpha value is -1.09. The first-order valence-corrected chi connectivity index (χ1v) is 6.47. The minimum atomic E-state index is -0.281. The molecule has 94 valence electrons. The molecule has 0 bridgehead atoms. The van der Waals surface area contributed by atoms with E-state index >= 15 is 0 Å². The molecule has 2 nitrogen and oxygen atoms in total. The lowest BCUT2D eigenvalue weighted by atomic mass is 10.2. The monoisotopic (exact) mass is 237 g/mol. The van der Waals surface area contributed by atoms with Crippen LogP contribution in [-0.2, 0) is 0 Å². The molecule has 0 spiro atoms. The van der Waals surface area contributed by atoms with Crippen LogP contribution in [-0.4, -0.2) is 19.2 Å². The summed E-state index contributed by atoms with van der Waals surface area (Å²) in [5.74, 6) is 0.0737. The van der Waals surface area contributed by atoms with Gasteiger partial charge in [-0.25, -0.2) is 4.39 Å². The molecule has 1 saturated carbocycles. The lowest BCUT2D eigenvalue weighted by Crippen LogP contribution is -2.27. The molecule has 1 fully saturated rings. The second-order valence-corrected chi connectivity index (χ2v) is 4.57. The normalized spacial score (nSPS) is 16.3. The molecule has 0 aromatic heterocycles. The SMILES string of the molecule is Fc1ccccc1OCCCNC1CCCC1. The van der Waals surface area contributed by atoms with E-state index in [9.17, 15) is 4.39 Å². The maximum Gasteiger partial charge on any atom is 0.165 e. The first kappa shape index (κ1) is 12.4. The molecular weight excluding hydrogens is 217 g/mol. The lowest BCUT2D eigenvalue weighted by Gasteiger charge is -2.12. The second kappa shape index (κ2) is 6.60. The van der Waals surface area contributed by atoms with Crippen LogP contribution in [0.5, 0.6) is 5.75 Å². The van der Waals surface area contributed by atoms with Crippen LogP contribution in [0.4, 0.5) is 4.39 Å². The third-order valence-corrected chi connectivity index (χ3v) is 3.20. The highest BCUT2D eigenvalue weighted by Crippen LogP contribution is 2.17. The number of hydrogen-bond donors (Lipinski definition) is 1. The van der Waals surface area contributed by atoms with Gasteiger partial charge in [-0.3, -0.25) is 0 Å². The molecule has 0 heterocycles. The van der Waals surface area contributed by atoms with Crippen LogP contribution in [0.2, 0.25) is 0 Å². The van der Waals surface area contributed by atoms with Gasteiger partial charge in [0.15, 0.2) is 11.6 Å². The van der Waals surface area contributed by atoms with Gasteiger partial charge in [-0.15, -0.1) is 0 Å². The van der Waals surface area contributed by atoms with E-state index in [-0.39, 0.29) is 5.82 Å². The maximum absolute atomic E-state index is 13.2. The first-order chi connectivity index (χ1) is 8.36. The zero-order chi connectivity index (χ0) is 11.9. The van der Waals surface area contributed by atoms with Crippen molar-refractivity contribution >= 4 is 0 Å². The summed E-state index contributed by atoms with van der Waals surface area (Å²) >= 11 is 0. The molecule has 0 unspecified atom stereocenters. The summed E-state index contributed by atoms with van der Waals surface area (Å²) in [6.07, 6.45) is 6.22.